The van der Waals surface area contributed by atoms with Crippen LogP contribution in [-0.4, -0.2) is 125 Å². The number of methoxy groups -OCH3 is 1. The summed E-state index contributed by atoms with van der Waals surface area (Å²) in [5.41, 5.74) is 0.651. The molecule has 3 saturated heterocycles. The Hall–Kier alpha value is -3.32. The number of hydrogen-bond acceptors (Lipinski definition) is 15. The second-order valence-electron chi connectivity index (χ2n) is 15.0. The Bertz CT molecular complexity index is 1780. The van der Waals surface area contributed by atoms with Gasteiger partial charge in [0.15, 0.2) is 18.7 Å². The van der Waals surface area contributed by atoms with E-state index >= 15 is 0 Å². The van der Waals surface area contributed by atoms with Crippen LogP contribution >= 0.6 is 7.60 Å². The number of sulfonamides is 1. The summed E-state index contributed by atoms with van der Waals surface area (Å²) < 4.78 is 87.4. The second-order valence-corrected chi connectivity index (χ2v) is 18.8. The van der Waals surface area contributed by atoms with Gasteiger partial charge in [0.2, 0.25) is 10.0 Å². The molecule has 17 nitrogen and oxygen atoms in total. The van der Waals surface area contributed by atoms with Crippen LogP contribution in [0.1, 0.15) is 58.9 Å². The van der Waals surface area contributed by atoms with Crippen LogP contribution in [0.15, 0.2) is 53.4 Å². The fourth-order valence-electron chi connectivity index (χ4n) is 6.93. The van der Waals surface area contributed by atoms with Gasteiger partial charge in [0.1, 0.15) is 17.6 Å². The van der Waals surface area contributed by atoms with Crippen LogP contribution in [0.25, 0.3) is 0 Å². The first kappa shape index (κ1) is 45.8. The smallest absolute Gasteiger partial charge is 0.407 e. The summed E-state index contributed by atoms with van der Waals surface area (Å²) >= 11 is 0. The third-order valence-electron chi connectivity index (χ3n) is 9.93. The van der Waals surface area contributed by atoms with Gasteiger partial charge < -0.3 is 38.8 Å². The molecule has 2 aromatic rings. The Labute approximate surface area is 341 Å². The number of ether oxygens (including phenoxy) is 6. The number of nitrogens with zero attached hydrogens (tertiary/aromatic N) is 2. The zero-order chi connectivity index (χ0) is 41.9. The highest BCUT2D eigenvalue weighted by atomic mass is 32.2. The van der Waals surface area contributed by atoms with E-state index in [4.69, 9.17) is 37.6 Å². The second kappa shape index (κ2) is 21.3. The molecule has 0 saturated carbocycles. The molecule has 5 rings (SSSR count). The number of rotatable bonds is 21. The summed E-state index contributed by atoms with van der Waals surface area (Å²) in [5.74, 6) is -0.0769. The number of esters is 1. The van der Waals surface area contributed by atoms with Crippen molar-refractivity contribution in [1.29, 1.82) is 0 Å². The highest BCUT2D eigenvalue weighted by molar-refractivity contribution is 7.89. The van der Waals surface area contributed by atoms with Crippen molar-refractivity contribution in [2.24, 2.45) is 11.8 Å². The Kier molecular flexibility index (Phi) is 16.8. The van der Waals surface area contributed by atoms with Crippen LogP contribution < -0.4 is 14.8 Å². The topological polar surface area (TPSA) is 198 Å². The molecule has 3 heterocycles. The lowest BCUT2D eigenvalue weighted by Gasteiger charge is -2.31. The van der Waals surface area contributed by atoms with Crippen LogP contribution in [0.5, 0.6) is 11.5 Å². The lowest BCUT2D eigenvalue weighted by Crippen LogP contribution is -2.51. The third-order valence-corrected chi connectivity index (χ3v) is 13.3. The minimum absolute atomic E-state index is 0.0295. The molecule has 324 valence electrons. The Morgan fingerprint density at radius 1 is 1.00 bits per heavy atom. The van der Waals surface area contributed by atoms with E-state index in [1.54, 1.807) is 48.4 Å². The van der Waals surface area contributed by atoms with Crippen molar-refractivity contribution in [3.8, 4) is 11.5 Å². The summed E-state index contributed by atoms with van der Waals surface area (Å²) in [6.45, 7) is 8.51. The quantitative estimate of drug-likeness (QED) is 0.129. The van der Waals surface area contributed by atoms with E-state index in [1.165, 1.54) is 30.5 Å². The van der Waals surface area contributed by atoms with Gasteiger partial charge in [0.05, 0.1) is 49.9 Å². The van der Waals surface area contributed by atoms with Gasteiger partial charge in [-0.3, -0.25) is 9.09 Å². The van der Waals surface area contributed by atoms with Crippen molar-refractivity contribution in [2.75, 3.05) is 59.5 Å². The van der Waals surface area contributed by atoms with Gasteiger partial charge in [-0.1, -0.05) is 32.4 Å². The molecule has 0 spiro atoms. The fraction of sp³-hybridized carbons (Fsp3) is 0.641. The van der Waals surface area contributed by atoms with Gasteiger partial charge in [-0.05, 0) is 87.4 Å². The third kappa shape index (κ3) is 12.8. The zero-order valence-electron chi connectivity index (χ0n) is 33.9. The molecule has 3 aliphatic heterocycles. The SMILES string of the molecule is CCOC(=O)[C@H](C)OP(=O)(COc1ccc(C[C@H](NC(=O)O[C@H]2CO[C@H]3OCC[C@H]32)[C@H](O)CN(CC(C)C)S(=O)(=O)c2ccc(OC)cc2)cc1)ON1CCCCC1. The minimum Gasteiger partial charge on any atom is -0.497 e. The fourth-order valence-corrected chi connectivity index (χ4v) is 10.1. The molecule has 7 atom stereocenters. The maximum absolute atomic E-state index is 13.9. The summed E-state index contributed by atoms with van der Waals surface area (Å²) in [7, 11) is -6.59. The number of piperidine rings is 1. The average Bonchev–Trinajstić information content (AvgIpc) is 3.82. The van der Waals surface area contributed by atoms with Crippen molar-refractivity contribution in [1.82, 2.24) is 14.7 Å². The zero-order valence-corrected chi connectivity index (χ0v) is 35.6. The van der Waals surface area contributed by atoms with Gasteiger partial charge in [-0.15, -0.1) is 0 Å². The number of hydroxylamine groups is 2. The lowest BCUT2D eigenvalue weighted by molar-refractivity contribution is -0.152. The number of hydrogen-bond donors (Lipinski definition) is 2. The van der Waals surface area contributed by atoms with Crippen LogP contribution in [0.2, 0.25) is 0 Å². The van der Waals surface area contributed by atoms with Crippen LogP contribution in [0, 0.1) is 11.8 Å². The highest BCUT2D eigenvalue weighted by Crippen LogP contribution is 2.50. The molecule has 2 N–H and O–H groups in total. The number of aliphatic hydroxyl groups excluding tert-OH is 1. The number of carbonyl (C=O) groups excluding carboxylic acids is 2. The molecule has 0 aliphatic carbocycles. The predicted octanol–water partition coefficient (Wildman–Crippen LogP) is 4.72. The summed E-state index contributed by atoms with van der Waals surface area (Å²) in [6, 6.07) is 11.6. The van der Waals surface area contributed by atoms with E-state index in [9.17, 15) is 27.7 Å². The average molecular weight is 856 g/mol. The Balaban J connectivity index is 1.31. The number of carbonyl (C=O) groups is 2. The van der Waals surface area contributed by atoms with Gasteiger partial charge in [0.25, 0.3) is 0 Å². The van der Waals surface area contributed by atoms with E-state index in [-0.39, 0.29) is 49.5 Å². The maximum Gasteiger partial charge on any atom is 0.407 e. The first-order valence-electron chi connectivity index (χ1n) is 19.8. The molecule has 0 radical (unpaired) electrons. The Morgan fingerprint density at radius 2 is 1.69 bits per heavy atom. The van der Waals surface area contributed by atoms with E-state index in [1.807, 2.05) is 13.8 Å². The van der Waals surface area contributed by atoms with Crippen LogP contribution in [0.3, 0.4) is 0 Å². The molecule has 0 bridgehead atoms. The number of aliphatic hydroxyl groups is 1. The Morgan fingerprint density at radius 3 is 2.34 bits per heavy atom. The highest BCUT2D eigenvalue weighted by Gasteiger charge is 2.44. The largest absolute Gasteiger partial charge is 0.497 e. The van der Waals surface area contributed by atoms with Crippen LogP contribution in [-0.2, 0) is 53.9 Å². The van der Waals surface area contributed by atoms with E-state index < -0.39 is 66.7 Å². The molecule has 3 fully saturated rings. The van der Waals surface area contributed by atoms with Gasteiger partial charge in [0, 0.05) is 26.2 Å². The number of nitrogens with one attached hydrogen (secondary N) is 1. The molecular weight excluding hydrogens is 797 g/mol. The van der Waals surface area contributed by atoms with Gasteiger partial charge >= 0.3 is 19.7 Å². The number of benzene rings is 2. The van der Waals surface area contributed by atoms with Crippen molar-refractivity contribution in [2.45, 2.75) is 95.3 Å². The first-order valence-corrected chi connectivity index (χ1v) is 23.0. The van der Waals surface area contributed by atoms with E-state index in [0.29, 0.717) is 43.2 Å². The number of amides is 1. The van der Waals surface area contributed by atoms with Crippen molar-refractivity contribution in [3.63, 3.8) is 0 Å². The molecule has 2 aromatic carbocycles. The lowest BCUT2D eigenvalue weighted by atomic mass is 10.0. The summed E-state index contributed by atoms with van der Waals surface area (Å²) in [4.78, 5) is 25.7. The molecule has 19 heteroatoms. The van der Waals surface area contributed by atoms with E-state index in [2.05, 4.69) is 5.32 Å². The number of alkyl carbamates (subject to hydrolysis) is 1. The van der Waals surface area contributed by atoms with Gasteiger partial charge in [-0.25, -0.2) is 22.6 Å². The summed E-state index contributed by atoms with van der Waals surface area (Å²) in [6.07, 6.45) is -1.34. The standard InChI is InChI=1S/C39H58N3O14PS/c1-6-50-37(44)28(4)55-57(46,56-41-19-8-7-9-20-41)26-53-31-12-10-29(11-13-31)22-34(40-39(45)54-36-25-52-38-33(36)18-21-51-38)35(43)24-42(23-27(2)3)58(47,48)32-16-14-30(49-5)15-17-32/h10-17,27-28,33-36,38,43H,6-9,18-26H2,1-5H3,(H,40,45)/t28-,33-,34-,35+,36-,38+,57?/m0/s1. The molecule has 58 heavy (non-hydrogen) atoms. The minimum atomic E-state index is -4.07. The number of fused-ring (bicyclic) bond motifs is 1. The maximum atomic E-state index is 13.9. The van der Waals surface area contributed by atoms with Crippen LogP contribution in [0.4, 0.5) is 4.79 Å². The molecule has 1 amide bonds. The molecule has 0 aromatic heterocycles. The van der Waals surface area contributed by atoms with E-state index in [0.717, 1.165) is 19.3 Å². The monoisotopic (exact) mass is 855 g/mol. The van der Waals surface area contributed by atoms with Crippen molar-refractivity contribution < 1.29 is 65.2 Å². The molecule has 3 aliphatic rings. The molecule has 1 unspecified atom stereocenters. The van der Waals surface area contributed by atoms with Crippen molar-refractivity contribution in [3.05, 3.63) is 54.1 Å². The summed E-state index contributed by atoms with van der Waals surface area (Å²) in [5, 5.41) is 16.1. The van der Waals surface area contributed by atoms with Gasteiger partial charge in [-0.2, -0.15) is 9.37 Å². The predicted molar refractivity (Wildman–Crippen MR) is 211 cm³/mol. The van der Waals surface area contributed by atoms with Crippen molar-refractivity contribution >= 4 is 29.7 Å². The molecular formula is C39H58N3O14PS. The first-order chi connectivity index (χ1) is 27.7. The normalized spacial score (nSPS) is 22.4.